The number of nitrogens with zero attached hydrogens (tertiary/aromatic N) is 4. The van der Waals surface area contributed by atoms with Crippen LogP contribution in [-0.4, -0.2) is 37.9 Å². The van der Waals surface area contributed by atoms with Crippen LogP contribution in [0.15, 0.2) is 36.5 Å². The number of carbonyl (C=O) groups excluding carboxylic acids is 2. The number of benzene rings is 1. The van der Waals surface area contributed by atoms with Crippen molar-refractivity contribution in [2.75, 3.05) is 11.9 Å². The van der Waals surface area contributed by atoms with E-state index in [0.29, 0.717) is 36.0 Å². The number of rotatable bonds is 7. The predicted molar refractivity (Wildman–Crippen MR) is 116 cm³/mol. The molecule has 3 rings (SSSR count). The molecule has 0 aliphatic heterocycles. The van der Waals surface area contributed by atoms with Crippen LogP contribution in [0.25, 0.3) is 0 Å². The minimum atomic E-state index is -0.293. The van der Waals surface area contributed by atoms with E-state index < -0.39 is 0 Å². The van der Waals surface area contributed by atoms with Gasteiger partial charge >= 0.3 is 0 Å². The number of carbonyl (C=O) groups is 2. The molecule has 3 aromatic rings. The molecule has 0 aliphatic rings. The van der Waals surface area contributed by atoms with E-state index in [-0.39, 0.29) is 11.8 Å². The molecule has 0 atom stereocenters. The van der Waals surface area contributed by atoms with Crippen LogP contribution in [0.4, 0.5) is 5.69 Å². The number of amides is 2. The van der Waals surface area contributed by atoms with Crippen molar-refractivity contribution < 1.29 is 9.59 Å². The second kappa shape index (κ2) is 8.94. The van der Waals surface area contributed by atoms with Crippen LogP contribution in [0.5, 0.6) is 0 Å². The summed E-state index contributed by atoms with van der Waals surface area (Å²) in [5.74, 6) is -0.231. The molecule has 0 fully saturated rings. The van der Waals surface area contributed by atoms with Gasteiger partial charge in [0.05, 0.1) is 24.1 Å². The van der Waals surface area contributed by atoms with E-state index >= 15 is 0 Å². The van der Waals surface area contributed by atoms with Crippen molar-refractivity contribution >= 4 is 17.5 Å². The standard InChI is InChI=1S/C22H28N6O2/c1-14(2)11-23-22(30)20-19(12-24-27(20)5)25-21(29)18-8-6-17(7-9-18)13-28-16(4)10-15(3)26-28/h6-10,12,14H,11,13H2,1-5H3,(H,23,30)(H,25,29). The lowest BCUT2D eigenvalue weighted by Gasteiger charge is -2.11. The first kappa shape index (κ1) is 21.3. The van der Waals surface area contributed by atoms with Gasteiger partial charge in [0.15, 0.2) is 0 Å². The lowest BCUT2D eigenvalue weighted by atomic mass is 10.1. The summed E-state index contributed by atoms with van der Waals surface area (Å²) in [6, 6.07) is 9.39. The average Bonchev–Trinajstić information content (AvgIpc) is 3.21. The Kier molecular flexibility index (Phi) is 6.34. The van der Waals surface area contributed by atoms with Crippen molar-refractivity contribution in [3.8, 4) is 0 Å². The van der Waals surface area contributed by atoms with Crippen LogP contribution in [0.2, 0.25) is 0 Å². The molecule has 0 radical (unpaired) electrons. The van der Waals surface area contributed by atoms with Gasteiger partial charge in [-0.05, 0) is 43.5 Å². The van der Waals surface area contributed by atoms with Crippen molar-refractivity contribution in [3.63, 3.8) is 0 Å². The SMILES string of the molecule is Cc1cc(C)n(Cc2ccc(C(=O)Nc3cnn(C)c3C(=O)NCC(C)C)cc2)n1. The fourth-order valence-corrected chi connectivity index (χ4v) is 3.14. The molecule has 0 aliphatic carbocycles. The van der Waals surface area contributed by atoms with E-state index in [1.807, 2.05) is 50.6 Å². The fourth-order valence-electron chi connectivity index (χ4n) is 3.14. The van der Waals surface area contributed by atoms with E-state index in [1.165, 1.54) is 10.9 Å². The van der Waals surface area contributed by atoms with Gasteiger partial charge in [0.2, 0.25) is 0 Å². The minimum Gasteiger partial charge on any atom is -0.350 e. The zero-order valence-electron chi connectivity index (χ0n) is 18.1. The number of aromatic nitrogens is 4. The van der Waals surface area contributed by atoms with Gasteiger partial charge in [-0.1, -0.05) is 26.0 Å². The summed E-state index contributed by atoms with van der Waals surface area (Å²) < 4.78 is 3.39. The molecular weight excluding hydrogens is 380 g/mol. The van der Waals surface area contributed by atoms with Crippen LogP contribution < -0.4 is 10.6 Å². The van der Waals surface area contributed by atoms with Crippen LogP contribution >= 0.6 is 0 Å². The lowest BCUT2D eigenvalue weighted by molar-refractivity contribution is 0.0940. The zero-order chi connectivity index (χ0) is 21.8. The Morgan fingerprint density at radius 3 is 2.40 bits per heavy atom. The Bertz CT molecular complexity index is 1050. The third-order valence-electron chi connectivity index (χ3n) is 4.72. The van der Waals surface area contributed by atoms with Gasteiger partial charge < -0.3 is 10.6 Å². The van der Waals surface area contributed by atoms with Gasteiger partial charge in [-0.3, -0.25) is 19.0 Å². The number of hydrogen-bond donors (Lipinski definition) is 2. The molecule has 2 aromatic heterocycles. The molecule has 2 amide bonds. The summed E-state index contributed by atoms with van der Waals surface area (Å²) in [4.78, 5) is 25.2. The topological polar surface area (TPSA) is 93.8 Å². The van der Waals surface area contributed by atoms with Crippen molar-refractivity contribution in [3.05, 3.63) is 64.7 Å². The third-order valence-corrected chi connectivity index (χ3v) is 4.72. The summed E-state index contributed by atoms with van der Waals surface area (Å²) in [7, 11) is 1.67. The highest BCUT2D eigenvalue weighted by molar-refractivity contribution is 6.08. The van der Waals surface area contributed by atoms with Crippen molar-refractivity contribution in [1.82, 2.24) is 24.9 Å². The number of anilines is 1. The second-order valence-corrected chi connectivity index (χ2v) is 7.87. The largest absolute Gasteiger partial charge is 0.350 e. The molecule has 158 valence electrons. The maximum Gasteiger partial charge on any atom is 0.271 e. The van der Waals surface area contributed by atoms with Gasteiger partial charge in [-0.25, -0.2) is 0 Å². The molecule has 0 spiro atoms. The summed E-state index contributed by atoms with van der Waals surface area (Å²) in [5, 5.41) is 14.2. The second-order valence-electron chi connectivity index (χ2n) is 7.87. The number of nitrogens with one attached hydrogen (secondary N) is 2. The molecule has 30 heavy (non-hydrogen) atoms. The highest BCUT2D eigenvalue weighted by atomic mass is 16.2. The van der Waals surface area contributed by atoms with Gasteiger partial charge in [-0.2, -0.15) is 10.2 Å². The van der Waals surface area contributed by atoms with Gasteiger partial charge in [0.1, 0.15) is 5.69 Å². The predicted octanol–water partition coefficient (Wildman–Crippen LogP) is 2.92. The number of aryl methyl sites for hydroxylation is 3. The Morgan fingerprint density at radius 2 is 1.80 bits per heavy atom. The molecule has 0 saturated carbocycles. The fraction of sp³-hybridized carbons (Fsp3) is 0.364. The van der Waals surface area contributed by atoms with E-state index in [0.717, 1.165) is 17.0 Å². The molecule has 0 bridgehead atoms. The Labute approximate surface area is 176 Å². The van der Waals surface area contributed by atoms with Crippen molar-refractivity contribution in [2.45, 2.75) is 34.2 Å². The molecule has 8 heteroatoms. The third kappa shape index (κ3) is 4.94. The molecule has 0 saturated heterocycles. The molecule has 1 aromatic carbocycles. The van der Waals surface area contributed by atoms with Crippen molar-refractivity contribution in [1.29, 1.82) is 0 Å². The van der Waals surface area contributed by atoms with Gasteiger partial charge in [0, 0.05) is 24.8 Å². The lowest BCUT2D eigenvalue weighted by Crippen LogP contribution is -2.30. The van der Waals surface area contributed by atoms with E-state index in [2.05, 4.69) is 20.8 Å². The Hall–Kier alpha value is -3.42. The van der Waals surface area contributed by atoms with Crippen LogP contribution in [0, 0.1) is 19.8 Å². The quantitative estimate of drug-likeness (QED) is 0.629. The van der Waals surface area contributed by atoms with Crippen LogP contribution in [0.3, 0.4) is 0 Å². The molecule has 8 nitrogen and oxygen atoms in total. The summed E-state index contributed by atoms with van der Waals surface area (Å²) in [6.07, 6.45) is 1.49. The van der Waals surface area contributed by atoms with Gasteiger partial charge in [0.25, 0.3) is 11.8 Å². The van der Waals surface area contributed by atoms with Crippen LogP contribution in [-0.2, 0) is 13.6 Å². The van der Waals surface area contributed by atoms with E-state index in [9.17, 15) is 9.59 Å². The number of hydrogen-bond acceptors (Lipinski definition) is 4. The first-order valence-electron chi connectivity index (χ1n) is 9.96. The normalized spacial score (nSPS) is 11.0. The Morgan fingerprint density at radius 1 is 1.10 bits per heavy atom. The minimum absolute atomic E-state index is 0.265. The summed E-state index contributed by atoms with van der Waals surface area (Å²) in [6.45, 7) is 9.21. The highest BCUT2D eigenvalue weighted by Gasteiger charge is 2.19. The van der Waals surface area contributed by atoms with E-state index in [1.54, 1.807) is 19.2 Å². The average molecular weight is 409 g/mol. The Balaban J connectivity index is 1.69. The molecule has 0 unspecified atom stereocenters. The monoisotopic (exact) mass is 408 g/mol. The van der Waals surface area contributed by atoms with E-state index in [4.69, 9.17) is 0 Å². The first-order valence-corrected chi connectivity index (χ1v) is 9.96. The molecule has 2 N–H and O–H groups in total. The zero-order valence-corrected chi connectivity index (χ0v) is 18.1. The summed E-state index contributed by atoms with van der Waals surface area (Å²) in [5.41, 5.74) is 4.33. The summed E-state index contributed by atoms with van der Waals surface area (Å²) >= 11 is 0. The first-order chi connectivity index (χ1) is 14.2. The smallest absolute Gasteiger partial charge is 0.271 e. The maximum absolute atomic E-state index is 12.7. The van der Waals surface area contributed by atoms with Crippen molar-refractivity contribution in [2.24, 2.45) is 13.0 Å². The molecular formula is C22H28N6O2. The molecule has 2 heterocycles. The highest BCUT2D eigenvalue weighted by Crippen LogP contribution is 2.16. The van der Waals surface area contributed by atoms with Gasteiger partial charge in [-0.15, -0.1) is 0 Å². The van der Waals surface area contributed by atoms with Crippen LogP contribution in [0.1, 0.15) is 51.6 Å². The maximum atomic E-state index is 12.7.